The molecule has 0 aromatic carbocycles. The third-order valence-electron chi connectivity index (χ3n) is 2.69. The SMILES string of the molecule is C=CC1=C[C@@H](OC(C)=O)[C@@H](OC(C)=O)[C@H](OC(C)=O)C1. The average Bonchev–Trinajstić information content (AvgIpc) is 2.30. The Morgan fingerprint density at radius 2 is 1.65 bits per heavy atom. The van der Waals surface area contributed by atoms with E-state index in [0.29, 0.717) is 6.42 Å². The number of esters is 3. The van der Waals surface area contributed by atoms with Crippen LogP contribution < -0.4 is 0 Å². The van der Waals surface area contributed by atoms with Crippen molar-refractivity contribution in [3.05, 3.63) is 24.3 Å². The summed E-state index contributed by atoms with van der Waals surface area (Å²) in [4.78, 5) is 33.5. The van der Waals surface area contributed by atoms with Gasteiger partial charge < -0.3 is 14.2 Å². The zero-order valence-corrected chi connectivity index (χ0v) is 11.8. The highest BCUT2D eigenvalue weighted by Gasteiger charge is 2.39. The third kappa shape index (κ3) is 4.53. The third-order valence-corrected chi connectivity index (χ3v) is 2.69. The Bertz CT molecular complexity index is 451. The Labute approximate surface area is 117 Å². The van der Waals surface area contributed by atoms with Crippen LogP contribution >= 0.6 is 0 Å². The number of rotatable bonds is 4. The summed E-state index contributed by atoms with van der Waals surface area (Å²) in [6, 6.07) is 0. The van der Waals surface area contributed by atoms with E-state index in [1.165, 1.54) is 20.8 Å². The van der Waals surface area contributed by atoms with Crippen molar-refractivity contribution in [3.63, 3.8) is 0 Å². The molecule has 0 aromatic rings. The van der Waals surface area contributed by atoms with Crippen molar-refractivity contribution in [1.82, 2.24) is 0 Å². The van der Waals surface area contributed by atoms with Crippen molar-refractivity contribution >= 4 is 17.9 Å². The average molecular weight is 282 g/mol. The summed E-state index contributed by atoms with van der Waals surface area (Å²) >= 11 is 0. The lowest BCUT2D eigenvalue weighted by Crippen LogP contribution is -2.46. The molecule has 1 aliphatic carbocycles. The zero-order chi connectivity index (χ0) is 15.3. The number of carbonyl (C=O) groups is 3. The minimum Gasteiger partial charge on any atom is -0.458 e. The molecule has 0 saturated carbocycles. The van der Waals surface area contributed by atoms with Crippen LogP contribution in [0.3, 0.4) is 0 Å². The molecule has 0 bridgehead atoms. The molecule has 0 spiro atoms. The van der Waals surface area contributed by atoms with Crippen LogP contribution in [0.1, 0.15) is 27.2 Å². The summed E-state index contributed by atoms with van der Waals surface area (Å²) in [5.74, 6) is -1.56. The second-order valence-corrected chi connectivity index (χ2v) is 4.45. The van der Waals surface area contributed by atoms with Crippen LogP contribution in [0.5, 0.6) is 0 Å². The van der Waals surface area contributed by atoms with Gasteiger partial charge in [0.25, 0.3) is 0 Å². The van der Waals surface area contributed by atoms with Crippen molar-refractivity contribution in [1.29, 1.82) is 0 Å². The lowest BCUT2D eigenvalue weighted by Gasteiger charge is -2.34. The number of carbonyl (C=O) groups excluding carboxylic acids is 3. The quantitative estimate of drug-likeness (QED) is 0.571. The molecule has 3 atom stereocenters. The van der Waals surface area contributed by atoms with E-state index in [4.69, 9.17) is 14.2 Å². The summed E-state index contributed by atoms with van der Waals surface area (Å²) in [6.45, 7) is 7.39. The largest absolute Gasteiger partial charge is 0.458 e. The molecule has 0 amide bonds. The van der Waals surface area contributed by atoms with Crippen LogP contribution in [-0.2, 0) is 28.6 Å². The molecule has 0 aromatic heterocycles. The number of allylic oxidation sites excluding steroid dienone is 1. The first-order chi connectivity index (χ1) is 9.33. The lowest BCUT2D eigenvalue weighted by atomic mass is 9.91. The van der Waals surface area contributed by atoms with Crippen LogP contribution in [-0.4, -0.2) is 36.2 Å². The van der Waals surface area contributed by atoms with Gasteiger partial charge in [-0.1, -0.05) is 12.7 Å². The van der Waals surface area contributed by atoms with Crippen molar-refractivity contribution < 1.29 is 28.6 Å². The van der Waals surface area contributed by atoms with E-state index in [0.717, 1.165) is 5.57 Å². The maximum absolute atomic E-state index is 11.2. The normalized spacial score (nSPS) is 25.1. The Morgan fingerprint density at radius 1 is 1.10 bits per heavy atom. The first-order valence-electron chi connectivity index (χ1n) is 6.18. The van der Waals surface area contributed by atoms with E-state index < -0.39 is 36.2 Å². The standard InChI is InChI=1S/C14H18O6/c1-5-11-6-12(18-8(2)15)14(20-10(4)17)13(7-11)19-9(3)16/h5-6,12-14H,1,7H2,2-4H3/t12-,13-,14-/m1/s1. The zero-order valence-electron chi connectivity index (χ0n) is 11.8. The van der Waals surface area contributed by atoms with Gasteiger partial charge in [0.2, 0.25) is 0 Å². The summed E-state index contributed by atoms with van der Waals surface area (Å²) in [6.07, 6.45) is 1.20. The van der Waals surface area contributed by atoms with Gasteiger partial charge in [-0.15, -0.1) is 0 Å². The molecule has 0 radical (unpaired) electrons. The van der Waals surface area contributed by atoms with E-state index >= 15 is 0 Å². The minimum atomic E-state index is -0.857. The second-order valence-electron chi connectivity index (χ2n) is 4.45. The maximum Gasteiger partial charge on any atom is 0.303 e. The fraction of sp³-hybridized carbons (Fsp3) is 0.500. The molecule has 1 rings (SSSR count). The molecular weight excluding hydrogens is 264 g/mol. The lowest BCUT2D eigenvalue weighted by molar-refractivity contribution is -0.180. The predicted octanol–water partition coefficient (Wildman–Crippen LogP) is 1.30. The Kier molecular flexibility index (Phi) is 5.49. The van der Waals surface area contributed by atoms with Gasteiger partial charge in [-0.25, -0.2) is 0 Å². The van der Waals surface area contributed by atoms with Crippen LogP contribution in [0.15, 0.2) is 24.3 Å². The molecule has 0 saturated heterocycles. The van der Waals surface area contributed by atoms with Gasteiger partial charge in [0.15, 0.2) is 12.2 Å². The van der Waals surface area contributed by atoms with E-state index in [-0.39, 0.29) is 0 Å². The first-order valence-corrected chi connectivity index (χ1v) is 6.18. The molecule has 0 N–H and O–H groups in total. The van der Waals surface area contributed by atoms with Gasteiger partial charge in [0, 0.05) is 27.2 Å². The molecule has 6 nitrogen and oxygen atoms in total. The monoisotopic (exact) mass is 282 g/mol. The summed E-state index contributed by atoms with van der Waals surface area (Å²) in [5, 5.41) is 0. The van der Waals surface area contributed by atoms with Gasteiger partial charge in [-0.05, 0) is 11.6 Å². The molecule has 1 aliphatic rings. The molecule has 110 valence electrons. The highest BCUT2D eigenvalue weighted by atomic mass is 16.6. The van der Waals surface area contributed by atoms with Gasteiger partial charge in [0.05, 0.1) is 0 Å². The predicted molar refractivity (Wildman–Crippen MR) is 69.6 cm³/mol. The Balaban J connectivity index is 3.05. The van der Waals surface area contributed by atoms with Crippen molar-refractivity contribution in [2.24, 2.45) is 0 Å². The topological polar surface area (TPSA) is 78.9 Å². The first kappa shape index (κ1) is 15.9. The summed E-state index contributed by atoms with van der Waals surface area (Å²) < 4.78 is 15.4. The van der Waals surface area contributed by atoms with E-state index in [2.05, 4.69) is 6.58 Å². The van der Waals surface area contributed by atoms with Crippen molar-refractivity contribution in [2.75, 3.05) is 0 Å². The van der Waals surface area contributed by atoms with Crippen LogP contribution in [0.4, 0.5) is 0 Å². The highest BCUT2D eigenvalue weighted by Crippen LogP contribution is 2.27. The number of hydrogen-bond acceptors (Lipinski definition) is 6. The fourth-order valence-corrected chi connectivity index (χ4v) is 2.03. The molecule has 0 unspecified atom stereocenters. The van der Waals surface area contributed by atoms with Gasteiger partial charge in [-0.2, -0.15) is 0 Å². The molecule has 0 fully saturated rings. The van der Waals surface area contributed by atoms with E-state index in [9.17, 15) is 14.4 Å². The minimum absolute atomic E-state index is 0.346. The smallest absolute Gasteiger partial charge is 0.303 e. The maximum atomic E-state index is 11.2. The second kappa shape index (κ2) is 6.88. The molecule has 0 aliphatic heterocycles. The van der Waals surface area contributed by atoms with Gasteiger partial charge >= 0.3 is 17.9 Å². The fourth-order valence-electron chi connectivity index (χ4n) is 2.03. The van der Waals surface area contributed by atoms with Crippen LogP contribution in [0.2, 0.25) is 0 Å². The molecule has 6 heteroatoms. The van der Waals surface area contributed by atoms with Gasteiger partial charge in [-0.3, -0.25) is 14.4 Å². The highest BCUT2D eigenvalue weighted by molar-refractivity contribution is 5.68. The van der Waals surface area contributed by atoms with Crippen molar-refractivity contribution in [3.8, 4) is 0 Å². The van der Waals surface area contributed by atoms with Crippen LogP contribution in [0.25, 0.3) is 0 Å². The van der Waals surface area contributed by atoms with Crippen molar-refractivity contribution in [2.45, 2.75) is 45.5 Å². The Morgan fingerprint density at radius 3 is 2.10 bits per heavy atom. The summed E-state index contributed by atoms with van der Waals surface area (Å²) in [7, 11) is 0. The molecular formula is C14H18O6. The molecule has 20 heavy (non-hydrogen) atoms. The number of hydrogen-bond donors (Lipinski definition) is 0. The molecule has 0 heterocycles. The number of ether oxygens (including phenoxy) is 3. The Hall–Kier alpha value is -2.11. The van der Waals surface area contributed by atoms with E-state index in [1.807, 2.05) is 0 Å². The summed E-state index contributed by atoms with van der Waals surface area (Å²) in [5.41, 5.74) is 0.755. The van der Waals surface area contributed by atoms with Gasteiger partial charge in [0.1, 0.15) is 6.10 Å². The van der Waals surface area contributed by atoms with E-state index in [1.54, 1.807) is 12.2 Å². The van der Waals surface area contributed by atoms with Crippen LogP contribution in [0, 0.1) is 0 Å².